The van der Waals surface area contributed by atoms with Crippen molar-refractivity contribution >= 4 is 5.91 Å². The normalized spacial score (nSPS) is 13.3. The Bertz CT molecular complexity index is 696. The second-order valence-electron chi connectivity index (χ2n) is 5.55. The molecule has 0 saturated heterocycles. The van der Waals surface area contributed by atoms with Crippen LogP contribution in [0.1, 0.15) is 47.9 Å². The van der Waals surface area contributed by atoms with Crippen LogP contribution in [0.2, 0.25) is 0 Å². The summed E-state index contributed by atoms with van der Waals surface area (Å²) in [7, 11) is 0. The summed E-state index contributed by atoms with van der Waals surface area (Å²) in [6.45, 7) is 5.56. The van der Waals surface area contributed by atoms with Gasteiger partial charge in [0.2, 0.25) is 5.89 Å². The van der Waals surface area contributed by atoms with Crippen molar-refractivity contribution in [1.82, 2.24) is 15.0 Å². The second-order valence-corrected chi connectivity index (χ2v) is 5.55. The highest BCUT2D eigenvalue weighted by Crippen LogP contribution is 2.26. The minimum atomic E-state index is -0.0304. The summed E-state index contributed by atoms with van der Waals surface area (Å²) >= 11 is 0. The number of aromatic nitrogens is 2. The van der Waals surface area contributed by atoms with Crippen molar-refractivity contribution < 1.29 is 14.1 Å². The lowest BCUT2D eigenvalue weighted by Gasteiger charge is -2.21. The molecule has 2 aromatic rings. The van der Waals surface area contributed by atoms with Crippen LogP contribution in [0.25, 0.3) is 0 Å². The summed E-state index contributed by atoms with van der Waals surface area (Å²) in [5.41, 5.74) is 1.77. The fourth-order valence-electron chi connectivity index (χ4n) is 2.66. The van der Waals surface area contributed by atoms with E-state index < -0.39 is 0 Å². The SMILES string of the molecule is CCc1noc(CN(CC)C(=O)c2ccc3c(c2)CCCO3)n1. The number of ether oxygens (including phenoxy) is 1. The summed E-state index contributed by atoms with van der Waals surface area (Å²) in [6, 6.07) is 5.64. The van der Waals surface area contributed by atoms with Crippen molar-refractivity contribution in [1.29, 1.82) is 0 Å². The van der Waals surface area contributed by atoms with Crippen molar-refractivity contribution in [2.75, 3.05) is 13.2 Å². The lowest BCUT2D eigenvalue weighted by molar-refractivity contribution is 0.0734. The zero-order valence-corrected chi connectivity index (χ0v) is 13.5. The van der Waals surface area contributed by atoms with E-state index in [0.29, 0.717) is 36.8 Å². The molecule has 1 aliphatic rings. The Labute approximate surface area is 135 Å². The van der Waals surface area contributed by atoms with Gasteiger partial charge in [0, 0.05) is 18.5 Å². The minimum absolute atomic E-state index is 0.0304. The van der Waals surface area contributed by atoms with Gasteiger partial charge in [0.05, 0.1) is 6.61 Å². The Morgan fingerprint density at radius 2 is 2.22 bits per heavy atom. The third-order valence-corrected chi connectivity index (χ3v) is 3.98. The first-order valence-electron chi connectivity index (χ1n) is 8.07. The van der Waals surface area contributed by atoms with Gasteiger partial charge in [0.1, 0.15) is 12.3 Å². The Balaban J connectivity index is 1.76. The predicted molar refractivity (Wildman–Crippen MR) is 84.3 cm³/mol. The monoisotopic (exact) mass is 315 g/mol. The van der Waals surface area contributed by atoms with Gasteiger partial charge < -0.3 is 14.2 Å². The van der Waals surface area contributed by atoms with Gasteiger partial charge in [-0.25, -0.2) is 0 Å². The van der Waals surface area contributed by atoms with Gasteiger partial charge in [0.25, 0.3) is 5.91 Å². The summed E-state index contributed by atoms with van der Waals surface area (Å²) in [5.74, 6) is 1.99. The first-order chi connectivity index (χ1) is 11.2. The molecule has 23 heavy (non-hydrogen) atoms. The van der Waals surface area contributed by atoms with Gasteiger partial charge in [-0.05, 0) is 43.5 Å². The van der Waals surface area contributed by atoms with Crippen molar-refractivity contribution in [2.24, 2.45) is 0 Å². The minimum Gasteiger partial charge on any atom is -0.493 e. The van der Waals surface area contributed by atoms with E-state index >= 15 is 0 Å². The van der Waals surface area contributed by atoms with E-state index in [1.807, 2.05) is 32.0 Å². The third kappa shape index (κ3) is 3.36. The highest BCUT2D eigenvalue weighted by atomic mass is 16.5. The van der Waals surface area contributed by atoms with Crippen LogP contribution in [0.4, 0.5) is 0 Å². The van der Waals surface area contributed by atoms with Crippen LogP contribution in [-0.4, -0.2) is 34.1 Å². The van der Waals surface area contributed by atoms with Crippen LogP contribution < -0.4 is 4.74 Å². The molecule has 6 heteroatoms. The molecular formula is C17H21N3O3. The Kier molecular flexibility index (Phi) is 4.60. The number of amides is 1. The Hall–Kier alpha value is -2.37. The van der Waals surface area contributed by atoms with Crippen LogP contribution in [0, 0.1) is 0 Å². The molecule has 2 heterocycles. The molecule has 122 valence electrons. The third-order valence-electron chi connectivity index (χ3n) is 3.98. The highest BCUT2D eigenvalue weighted by Gasteiger charge is 2.20. The van der Waals surface area contributed by atoms with E-state index in [-0.39, 0.29) is 5.91 Å². The molecule has 1 aromatic carbocycles. The number of hydrogen-bond acceptors (Lipinski definition) is 5. The summed E-state index contributed by atoms with van der Waals surface area (Å²) in [5, 5.41) is 3.87. The fourth-order valence-corrected chi connectivity index (χ4v) is 2.66. The molecule has 0 radical (unpaired) electrons. The smallest absolute Gasteiger partial charge is 0.254 e. The molecule has 0 atom stereocenters. The van der Waals surface area contributed by atoms with Gasteiger partial charge in [0.15, 0.2) is 5.82 Å². The maximum absolute atomic E-state index is 12.7. The first kappa shape index (κ1) is 15.5. The van der Waals surface area contributed by atoms with E-state index in [2.05, 4.69) is 10.1 Å². The van der Waals surface area contributed by atoms with Crippen molar-refractivity contribution in [3.63, 3.8) is 0 Å². The van der Waals surface area contributed by atoms with Crippen LogP contribution in [0.15, 0.2) is 22.7 Å². The number of carbonyl (C=O) groups is 1. The topological polar surface area (TPSA) is 68.5 Å². The van der Waals surface area contributed by atoms with E-state index in [0.717, 1.165) is 30.8 Å². The molecule has 1 aromatic heterocycles. The van der Waals surface area contributed by atoms with Gasteiger partial charge in [-0.15, -0.1) is 0 Å². The van der Waals surface area contributed by atoms with E-state index in [1.54, 1.807) is 4.90 Å². The molecule has 0 saturated carbocycles. The zero-order valence-electron chi connectivity index (χ0n) is 13.5. The molecule has 0 spiro atoms. The number of hydrogen-bond donors (Lipinski definition) is 0. The van der Waals surface area contributed by atoms with Crippen molar-refractivity contribution in [3.05, 3.63) is 41.0 Å². The second kappa shape index (κ2) is 6.81. The molecule has 1 amide bonds. The van der Waals surface area contributed by atoms with Crippen LogP contribution in [0.5, 0.6) is 5.75 Å². The zero-order chi connectivity index (χ0) is 16.2. The van der Waals surface area contributed by atoms with Gasteiger partial charge in [-0.1, -0.05) is 12.1 Å². The molecule has 3 rings (SSSR count). The molecule has 6 nitrogen and oxygen atoms in total. The Morgan fingerprint density at radius 1 is 1.35 bits per heavy atom. The largest absolute Gasteiger partial charge is 0.493 e. The van der Waals surface area contributed by atoms with Gasteiger partial charge in [-0.2, -0.15) is 4.98 Å². The number of carbonyl (C=O) groups excluding carboxylic acids is 1. The summed E-state index contributed by atoms with van der Waals surface area (Å²) in [4.78, 5) is 18.7. The maximum atomic E-state index is 12.7. The quantitative estimate of drug-likeness (QED) is 0.848. The average Bonchev–Trinajstić information content (AvgIpc) is 3.06. The average molecular weight is 315 g/mol. The summed E-state index contributed by atoms with van der Waals surface area (Å²) in [6.07, 6.45) is 2.66. The van der Waals surface area contributed by atoms with Crippen molar-refractivity contribution in [2.45, 2.75) is 39.7 Å². The lowest BCUT2D eigenvalue weighted by atomic mass is 10.0. The fraction of sp³-hybridized carbons (Fsp3) is 0.471. The molecule has 0 fully saturated rings. The van der Waals surface area contributed by atoms with Crippen molar-refractivity contribution in [3.8, 4) is 5.75 Å². The first-order valence-corrected chi connectivity index (χ1v) is 8.07. The number of nitrogens with zero attached hydrogens (tertiary/aromatic N) is 3. The molecule has 0 aliphatic carbocycles. The lowest BCUT2D eigenvalue weighted by Crippen LogP contribution is -2.30. The van der Waals surface area contributed by atoms with Crippen LogP contribution in [0.3, 0.4) is 0 Å². The molecular weight excluding hydrogens is 294 g/mol. The molecule has 0 N–H and O–H groups in total. The standard InChI is InChI=1S/C17H21N3O3/c1-3-15-18-16(23-19-15)11-20(4-2)17(21)13-7-8-14-12(10-13)6-5-9-22-14/h7-8,10H,3-6,9,11H2,1-2H3. The van der Waals surface area contributed by atoms with Gasteiger partial charge in [-0.3, -0.25) is 4.79 Å². The predicted octanol–water partition coefficient (Wildman–Crippen LogP) is 2.62. The van der Waals surface area contributed by atoms with E-state index in [4.69, 9.17) is 9.26 Å². The molecule has 1 aliphatic heterocycles. The van der Waals surface area contributed by atoms with E-state index in [9.17, 15) is 4.79 Å². The van der Waals surface area contributed by atoms with E-state index in [1.165, 1.54) is 0 Å². The summed E-state index contributed by atoms with van der Waals surface area (Å²) < 4.78 is 10.8. The molecule has 0 bridgehead atoms. The van der Waals surface area contributed by atoms with Crippen LogP contribution in [-0.2, 0) is 19.4 Å². The highest BCUT2D eigenvalue weighted by molar-refractivity contribution is 5.94. The number of aryl methyl sites for hydroxylation is 2. The Morgan fingerprint density at radius 3 is 2.96 bits per heavy atom. The van der Waals surface area contributed by atoms with Gasteiger partial charge >= 0.3 is 0 Å². The van der Waals surface area contributed by atoms with Crippen LogP contribution >= 0.6 is 0 Å². The number of rotatable bonds is 5. The molecule has 0 unspecified atom stereocenters. The number of benzene rings is 1. The maximum Gasteiger partial charge on any atom is 0.254 e. The number of fused-ring (bicyclic) bond motifs is 1.